The largest absolute Gasteiger partial charge is 0.364 e. The van der Waals surface area contributed by atoms with Crippen LogP contribution in [0.25, 0.3) is 21.9 Å². The number of hydrogen-bond donors (Lipinski definition) is 2. The van der Waals surface area contributed by atoms with E-state index in [0.717, 1.165) is 36.8 Å². The minimum atomic E-state index is -0.344. The maximum atomic E-state index is 12.1. The molecule has 1 aromatic heterocycles. The third-order valence-corrected chi connectivity index (χ3v) is 5.34. The van der Waals surface area contributed by atoms with Gasteiger partial charge in [-0.3, -0.25) is 14.9 Å². The van der Waals surface area contributed by atoms with E-state index in [4.69, 9.17) is 5.73 Å². The quantitative estimate of drug-likeness (QED) is 0.537. The predicted octanol–water partition coefficient (Wildman–Crippen LogP) is 3.42. The third-order valence-electron chi connectivity index (χ3n) is 5.34. The first kappa shape index (κ1) is 18.2. The van der Waals surface area contributed by atoms with E-state index in [2.05, 4.69) is 4.98 Å². The van der Waals surface area contributed by atoms with Gasteiger partial charge in [0.05, 0.1) is 4.92 Å². The fourth-order valence-corrected chi connectivity index (χ4v) is 3.95. The molecule has 0 amide bonds. The fourth-order valence-electron chi connectivity index (χ4n) is 3.95. The van der Waals surface area contributed by atoms with Crippen LogP contribution in [0.5, 0.6) is 0 Å². The summed E-state index contributed by atoms with van der Waals surface area (Å²) in [5, 5.41) is 13.2. The van der Waals surface area contributed by atoms with Crippen molar-refractivity contribution >= 4 is 22.1 Å². The second-order valence-corrected chi connectivity index (χ2v) is 7.24. The van der Waals surface area contributed by atoms with Crippen LogP contribution >= 0.6 is 0 Å². The monoisotopic (exact) mass is 378 g/mol. The molecule has 7 heteroatoms. The molecule has 0 spiro atoms. The molecule has 0 aliphatic carbocycles. The normalized spacial score (nSPS) is 17.5. The maximum absolute atomic E-state index is 12.1. The van der Waals surface area contributed by atoms with E-state index in [9.17, 15) is 14.9 Å². The second-order valence-electron chi connectivity index (χ2n) is 7.24. The van der Waals surface area contributed by atoms with Crippen LogP contribution in [-0.4, -0.2) is 29.0 Å². The van der Waals surface area contributed by atoms with Crippen LogP contribution in [0.15, 0.2) is 53.5 Å². The Kier molecular flexibility index (Phi) is 4.83. The maximum Gasteiger partial charge on any atom is 0.293 e. The van der Waals surface area contributed by atoms with Gasteiger partial charge in [-0.1, -0.05) is 30.7 Å². The van der Waals surface area contributed by atoms with Gasteiger partial charge < -0.3 is 15.6 Å². The van der Waals surface area contributed by atoms with Crippen molar-refractivity contribution in [2.45, 2.75) is 25.3 Å². The Balaban J connectivity index is 1.83. The highest BCUT2D eigenvalue weighted by Crippen LogP contribution is 2.35. The van der Waals surface area contributed by atoms with E-state index >= 15 is 0 Å². The van der Waals surface area contributed by atoms with Gasteiger partial charge in [0.1, 0.15) is 5.69 Å². The number of fused-ring (bicyclic) bond motifs is 1. The molecule has 2 aromatic carbocycles. The number of nitrogens with two attached hydrogens (primary N) is 1. The number of nitrogens with zero attached hydrogens (tertiary/aromatic N) is 2. The first-order valence-electron chi connectivity index (χ1n) is 9.44. The number of aromatic nitrogens is 1. The zero-order chi connectivity index (χ0) is 19.7. The third kappa shape index (κ3) is 3.36. The Morgan fingerprint density at radius 2 is 1.93 bits per heavy atom. The van der Waals surface area contributed by atoms with Gasteiger partial charge in [0.2, 0.25) is 0 Å². The lowest BCUT2D eigenvalue weighted by atomic mass is 9.99. The zero-order valence-corrected chi connectivity index (χ0v) is 15.4. The molecule has 2 heterocycles. The first-order chi connectivity index (χ1) is 13.5. The Morgan fingerprint density at radius 1 is 1.14 bits per heavy atom. The number of nitrogens with one attached hydrogen (secondary N) is 1. The highest BCUT2D eigenvalue weighted by atomic mass is 16.6. The lowest BCUT2D eigenvalue weighted by Crippen LogP contribution is -2.36. The predicted molar refractivity (Wildman–Crippen MR) is 111 cm³/mol. The Hall–Kier alpha value is -3.19. The summed E-state index contributed by atoms with van der Waals surface area (Å²) in [6.07, 6.45) is 4.56. The first-order valence-corrected chi connectivity index (χ1v) is 9.44. The number of nitro groups is 1. The summed E-state index contributed by atoms with van der Waals surface area (Å²) in [6, 6.07) is 12.5. The van der Waals surface area contributed by atoms with E-state index in [1.54, 1.807) is 30.5 Å². The van der Waals surface area contributed by atoms with Crippen LogP contribution in [0.3, 0.4) is 0 Å². The molecule has 0 bridgehead atoms. The number of pyridine rings is 1. The van der Waals surface area contributed by atoms with Crippen molar-refractivity contribution in [3.63, 3.8) is 0 Å². The number of hydrogen-bond acceptors (Lipinski definition) is 5. The lowest BCUT2D eigenvalue weighted by molar-refractivity contribution is -0.384. The summed E-state index contributed by atoms with van der Waals surface area (Å²) in [7, 11) is 0. The van der Waals surface area contributed by atoms with Crippen molar-refractivity contribution in [3.8, 4) is 11.1 Å². The fraction of sp³-hybridized carbons (Fsp3) is 0.286. The van der Waals surface area contributed by atoms with E-state index in [1.165, 1.54) is 0 Å². The molecule has 7 nitrogen and oxygen atoms in total. The summed E-state index contributed by atoms with van der Waals surface area (Å²) in [6.45, 7) is 1.37. The summed E-state index contributed by atoms with van der Waals surface area (Å²) in [5.74, 6) is 0. The second kappa shape index (κ2) is 7.44. The Morgan fingerprint density at radius 3 is 2.71 bits per heavy atom. The van der Waals surface area contributed by atoms with Gasteiger partial charge in [-0.25, -0.2) is 0 Å². The number of benzene rings is 2. The standard InChI is InChI=1S/C21H22N4O3/c22-15-5-3-4-10-24(13-15)19-9-8-14(11-20(19)25(27)28)18-12-23-21(26)17-7-2-1-6-16(17)18/h1-2,6-9,11-12,15H,3-5,10,13,22H2,(H,23,26). The number of nitro benzene ring substituents is 1. The van der Waals surface area contributed by atoms with E-state index in [-0.39, 0.29) is 22.2 Å². The van der Waals surface area contributed by atoms with E-state index in [1.807, 2.05) is 23.1 Å². The molecule has 1 fully saturated rings. The van der Waals surface area contributed by atoms with Crippen LogP contribution < -0.4 is 16.2 Å². The van der Waals surface area contributed by atoms with Crippen molar-refractivity contribution in [1.29, 1.82) is 0 Å². The molecular weight excluding hydrogens is 356 g/mol. The van der Waals surface area contributed by atoms with Gasteiger partial charge >= 0.3 is 0 Å². The molecule has 1 aliphatic heterocycles. The van der Waals surface area contributed by atoms with Crippen LogP contribution in [-0.2, 0) is 0 Å². The van der Waals surface area contributed by atoms with Crippen LogP contribution in [0.2, 0.25) is 0 Å². The van der Waals surface area contributed by atoms with Crippen molar-refractivity contribution in [2.24, 2.45) is 5.73 Å². The Bertz CT molecular complexity index is 1090. The average Bonchev–Trinajstić information content (AvgIpc) is 2.92. The zero-order valence-electron chi connectivity index (χ0n) is 15.4. The molecule has 1 unspecified atom stereocenters. The molecule has 28 heavy (non-hydrogen) atoms. The molecule has 3 aromatic rings. The number of rotatable bonds is 3. The highest BCUT2D eigenvalue weighted by molar-refractivity contribution is 5.96. The number of aromatic amines is 1. The number of H-pyrrole nitrogens is 1. The smallest absolute Gasteiger partial charge is 0.293 e. The minimum absolute atomic E-state index is 0.0184. The van der Waals surface area contributed by atoms with Gasteiger partial charge in [-0.05, 0) is 35.9 Å². The molecular formula is C21H22N4O3. The molecule has 1 aliphatic rings. The molecule has 1 saturated heterocycles. The van der Waals surface area contributed by atoms with Gasteiger partial charge in [0, 0.05) is 42.3 Å². The molecule has 3 N–H and O–H groups in total. The Labute approximate surface area is 161 Å². The van der Waals surface area contributed by atoms with Crippen LogP contribution in [0.4, 0.5) is 11.4 Å². The van der Waals surface area contributed by atoms with Gasteiger partial charge in [0.25, 0.3) is 11.2 Å². The molecule has 1 atom stereocenters. The van der Waals surface area contributed by atoms with Crippen molar-refractivity contribution in [2.75, 3.05) is 18.0 Å². The van der Waals surface area contributed by atoms with Gasteiger partial charge in [-0.15, -0.1) is 0 Å². The minimum Gasteiger partial charge on any atom is -0.364 e. The summed E-state index contributed by atoms with van der Waals surface area (Å²) in [4.78, 5) is 28.3. The van der Waals surface area contributed by atoms with E-state index in [0.29, 0.717) is 23.2 Å². The topological polar surface area (TPSA) is 105 Å². The average molecular weight is 378 g/mol. The van der Waals surface area contributed by atoms with Gasteiger partial charge in [-0.2, -0.15) is 0 Å². The summed E-state index contributed by atoms with van der Waals surface area (Å²) in [5.41, 5.74) is 8.08. The van der Waals surface area contributed by atoms with Crippen molar-refractivity contribution in [1.82, 2.24) is 4.98 Å². The van der Waals surface area contributed by atoms with E-state index < -0.39 is 0 Å². The van der Waals surface area contributed by atoms with Gasteiger partial charge in [0.15, 0.2) is 0 Å². The highest BCUT2D eigenvalue weighted by Gasteiger charge is 2.24. The molecule has 0 saturated carbocycles. The SMILES string of the molecule is NC1CCCCN(c2ccc(-c3c[nH]c(=O)c4ccccc34)cc2[N+](=O)[O-])C1. The molecule has 0 radical (unpaired) electrons. The molecule has 144 valence electrons. The number of anilines is 1. The molecule has 4 rings (SSSR count). The lowest BCUT2D eigenvalue weighted by Gasteiger charge is -2.24. The van der Waals surface area contributed by atoms with Crippen molar-refractivity contribution < 1.29 is 4.92 Å². The summed E-state index contributed by atoms with van der Waals surface area (Å²) >= 11 is 0. The summed E-state index contributed by atoms with van der Waals surface area (Å²) < 4.78 is 0. The van der Waals surface area contributed by atoms with Crippen LogP contribution in [0, 0.1) is 10.1 Å². The van der Waals surface area contributed by atoms with Crippen LogP contribution in [0.1, 0.15) is 19.3 Å². The van der Waals surface area contributed by atoms with Crippen molar-refractivity contribution in [3.05, 3.63) is 69.1 Å².